The molecule has 4 aliphatic carbocycles. The lowest BCUT2D eigenvalue weighted by atomic mass is 9.44. The highest BCUT2D eigenvalue weighted by atomic mass is 16.8. The van der Waals surface area contributed by atoms with Gasteiger partial charge in [-0.15, -0.1) is 0 Å². The Morgan fingerprint density at radius 3 is 1.84 bits per heavy atom. The third-order valence-corrected chi connectivity index (χ3v) is 18.1. The van der Waals surface area contributed by atoms with Crippen molar-refractivity contribution in [3.63, 3.8) is 0 Å². The predicted octanol–water partition coefficient (Wildman–Crippen LogP) is -1.84. The summed E-state index contributed by atoms with van der Waals surface area (Å²) in [7, 11) is 0. The van der Waals surface area contributed by atoms with Crippen molar-refractivity contribution in [1.29, 1.82) is 0 Å². The van der Waals surface area contributed by atoms with Crippen molar-refractivity contribution in [3.05, 3.63) is 12.2 Å². The van der Waals surface area contributed by atoms with Crippen LogP contribution in [0.4, 0.5) is 0 Å². The molecule has 0 aromatic carbocycles. The average Bonchev–Trinajstić information content (AvgIpc) is 3.72. The Morgan fingerprint density at radius 2 is 1.25 bits per heavy atom. The lowest BCUT2D eigenvalue weighted by Crippen LogP contribution is -2.67. The zero-order valence-corrected chi connectivity index (χ0v) is 36.9. The summed E-state index contributed by atoms with van der Waals surface area (Å²) < 4.78 is 49.3. The Bertz CT molecular complexity index is 1640. The van der Waals surface area contributed by atoms with Gasteiger partial charge in [-0.25, -0.2) is 0 Å². The van der Waals surface area contributed by atoms with Crippen LogP contribution < -0.4 is 0 Å². The van der Waals surface area contributed by atoms with Gasteiger partial charge < -0.3 is 94.1 Å². The first-order valence-corrected chi connectivity index (χ1v) is 23.6. The fraction of sp³-hybridized carbons (Fsp3) is 0.956. The highest BCUT2D eigenvalue weighted by molar-refractivity contribution is 5.17. The quantitative estimate of drug-likeness (QED) is 0.0895. The van der Waals surface area contributed by atoms with E-state index in [9.17, 15) is 56.2 Å². The van der Waals surface area contributed by atoms with E-state index in [2.05, 4.69) is 27.4 Å². The zero-order valence-electron chi connectivity index (χ0n) is 36.9. The first-order chi connectivity index (χ1) is 30.4. The topological polar surface area (TPSA) is 296 Å². The summed E-state index contributed by atoms with van der Waals surface area (Å²) in [5.74, 6) is 1.60. The Morgan fingerprint density at radius 1 is 0.641 bits per heavy atom. The van der Waals surface area contributed by atoms with Gasteiger partial charge in [-0.2, -0.15) is 0 Å². The number of hydrogen-bond donors (Lipinski definition) is 11. The standard InChI is InChI=1S/C45H72O19/c1-18-7-10-45(57-17-18)19(2)30-26(64-45)12-23-21-6-5-20-11-25(24(49)13-44(20,4)22(21)8-9-43(23,30)3)58-42-39(63-41-36(55)34(53)32(51)28(15-47)60-41)37(56)38(29(16-48)61-42)62-40-35(54)33(52)31(50)27(14-46)59-40/h19-42,46-56H,1,5-17H2,2-4H3/t19-,20+,21+,22-,23-,24-,25+,26-,27+,28+,29+,30-,31+,32+,33-,34-,35+,36+,37-,38-,39+,40-,41-,42+,43-,44-,45+/m0/s1. The number of ether oxygens (including phenoxy) is 8. The molecule has 366 valence electrons. The SMILES string of the molecule is C=C1CC[C@@]2(OC1)O[C@H]1C[C@H]3[C@@H]4CC[C@@H]5C[C@@H](O[C@@H]6O[C@H](CO)[C@H](O[C@@H]7O[C@H](CO)[C@@H](O)[C@H](O)[C@H]7O)[C@H](O)[C@H]6O[C@@H]6O[C@H](CO)[C@@H](O)[C@H](O)[C@H]6O)[C@@H](O)C[C@]5(C)[C@H]4CC[C@]3(C)[C@H]1[C@@H]2C. The number of aliphatic hydroxyl groups is 11. The van der Waals surface area contributed by atoms with Crippen LogP contribution in [0.3, 0.4) is 0 Å². The highest BCUT2D eigenvalue weighted by Gasteiger charge is 2.69. The van der Waals surface area contributed by atoms with Crippen molar-refractivity contribution in [2.45, 2.75) is 195 Å². The number of aliphatic hydroxyl groups excluding tert-OH is 11. The summed E-state index contributed by atoms with van der Waals surface area (Å²) in [5, 5.41) is 118. The van der Waals surface area contributed by atoms with E-state index in [0.717, 1.165) is 50.5 Å². The molecule has 0 aromatic rings. The first kappa shape index (κ1) is 48.0. The van der Waals surface area contributed by atoms with Gasteiger partial charge in [0.2, 0.25) is 0 Å². The monoisotopic (exact) mass is 916 g/mol. The summed E-state index contributed by atoms with van der Waals surface area (Å²) in [6.07, 6.45) is -19.2. The van der Waals surface area contributed by atoms with E-state index in [-0.39, 0.29) is 28.8 Å². The molecule has 27 atom stereocenters. The molecule has 5 saturated heterocycles. The Labute approximate surface area is 373 Å². The Kier molecular flexibility index (Phi) is 13.5. The summed E-state index contributed by atoms with van der Waals surface area (Å²) in [6.45, 7) is 9.48. The molecular formula is C45H72O19. The fourth-order valence-corrected chi connectivity index (χ4v) is 14.6. The van der Waals surface area contributed by atoms with Gasteiger partial charge in [0, 0.05) is 12.3 Å². The third kappa shape index (κ3) is 7.77. The number of hydrogen-bond acceptors (Lipinski definition) is 19. The van der Waals surface area contributed by atoms with Crippen LogP contribution in [0.25, 0.3) is 0 Å². The van der Waals surface area contributed by atoms with Gasteiger partial charge in [0.15, 0.2) is 24.7 Å². The summed E-state index contributed by atoms with van der Waals surface area (Å²) in [5.41, 5.74) is 1.01. The number of fused-ring (bicyclic) bond motifs is 7. The van der Waals surface area contributed by atoms with Crippen LogP contribution in [-0.4, -0.2) is 199 Å². The largest absolute Gasteiger partial charge is 0.394 e. The molecule has 0 bridgehead atoms. The second kappa shape index (κ2) is 18.1. The van der Waals surface area contributed by atoms with Gasteiger partial charge in [0.1, 0.15) is 73.2 Å². The van der Waals surface area contributed by atoms with Crippen LogP contribution in [0.1, 0.15) is 78.6 Å². The first-order valence-electron chi connectivity index (χ1n) is 23.6. The van der Waals surface area contributed by atoms with E-state index in [0.29, 0.717) is 43.1 Å². The molecule has 9 rings (SSSR count). The molecule has 4 saturated carbocycles. The molecule has 0 unspecified atom stereocenters. The van der Waals surface area contributed by atoms with Gasteiger partial charge in [-0.05, 0) is 91.8 Å². The van der Waals surface area contributed by atoms with Crippen molar-refractivity contribution < 1.29 is 94.1 Å². The van der Waals surface area contributed by atoms with Crippen LogP contribution in [0.5, 0.6) is 0 Å². The Balaban J connectivity index is 0.922. The average molecular weight is 917 g/mol. The van der Waals surface area contributed by atoms with Crippen LogP contribution in [0.2, 0.25) is 0 Å². The van der Waals surface area contributed by atoms with Crippen molar-refractivity contribution >= 4 is 0 Å². The molecule has 64 heavy (non-hydrogen) atoms. The summed E-state index contributed by atoms with van der Waals surface area (Å²) in [4.78, 5) is 0. The predicted molar refractivity (Wildman–Crippen MR) is 217 cm³/mol. The van der Waals surface area contributed by atoms with Crippen LogP contribution in [0, 0.1) is 46.3 Å². The van der Waals surface area contributed by atoms with Gasteiger partial charge in [0.25, 0.3) is 0 Å². The maximum atomic E-state index is 12.1. The van der Waals surface area contributed by atoms with Crippen molar-refractivity contribution in [2.24, 2.45) is 46.3 Å². The second-order valence-corrected chi connectivity index (χ2v) is 21.3. The minimum atomic E-state index is -1.89. The highest BCUT2D eigenvalue weighted by Crippen LogP contribution is 2.71. The molecule has 0 aromatic heterocycles. The molecule has 5 aliphatic heterocycles. The molecule has 5 heterocycles. The van der Waals surface area contributed by atoms with Crippen LogP contribution in [0.15, 0.2) is 12.2 Å². The molecular weight excluding hydrogens is 844 g/mol. The molecule has 9 aliphatic rings. The van der Waals surface area contributed by atoms with Crippen LogP contribution >= 0.6 is 0 Å². The third-order valence-electron chi connectivity index (χ3n) is 18.1. The second-order valence-electron chi connectivity index (χ2n) is 21.3. The maximum Gasteiger partial charge on any atom is 0.187 e. The summed E-state index contributed by atoms with van der Waals surface area (Å²) >= 11 is 0. The summed E-state index contributed by atoms with van der Waals surface area (Å²) in [6, 6.07) is 0. The molecule has 1 spiro atoms. The number of rotatable bonds is 9. The van der Waals surface area contributed by atoms with Gasteiger partial charge in [0.05, 0.1) is 44.7 Å². The van der Waals surface area contributed by atoms with Crippen LogP contribution in [-0.2, 0) is 37.9 Å². The van der Waals surface area contributed by atoms with Crippen molar-refractivity contribution in [2.75, 3.05) is 26.4 Å². The fourth-order valence-electron chi connectivity index (χ4n) is 14.6. The van der Waals surface area contributed by atoms with Gasteiger partial charge in [-0.3, -0.25) is 0 Å². The minimum Gasteiger partial charge on any atom is -0.394 e. The van der Waals surface area contributed by atoms with Gasteiger partial charge >= 0.3 is 0 Å². The van der Waals surface area contributed by atoms with E-state index >= 15 is 0 Å². The molecule has 9 fully saturated rings. The van der Waals surface area contributed by atoms with E-state index in [1.54, 1.807) is 0 Å². The van der Waals surface area contributed by atoms with E-state index in [1.807, 2.05) is 0 Å². The lowest BCUT2D eigenvalue weighted by Gasteiger charge is -2.62. The zero-order chi connectivity index (χ0) is 45.8. The normalized spacial score (nSPS) is 57.5. The molecule has 19 nitrogen and oxygen atoms in total. The Hall–Kier alpha value is -1.02. The van der Waals surface area contributed by atoms with E-state index in [4.69, 9.17) is 37.9 Å². The molecule has 0 amide bonds. The van der Waals surface area contributed by atoms with E-state index < -0.39 is 130 Å². The van der Waals surface area contributed by atoms with Crippen molar-refractivity contribution in [3.8, 4) is 0 Å². The van der Waals surface area contributed by atoms with E-state index in [1.165, 1.54) is 0 Å². The molecule has 11 N–H and O–H groups in total. The smallest absolute Gasteiger partial charge is 0.187 e. The lowest BCUT2D eigenvalue weighted by molar-refractivity contribution is -0.393. The minimum absolute atomic E-state index is 0.109. The maximum absolute atomic E-state index is 12.1. The van der Waals surface area contributed by atoms with Crippen molar-refractivity contribution in [1.82, 2.24) is 0 Å². The van der Waals surface area contributed by atoms with Gasteiger partial charge in [-0.1, -0.05) is 32.9 Å². The molecule has 19 heteroatoms. The molecule has 0 radical (unpaired) electrons.